The molecule has 1 rings (SSSR count). The van der Waals surface area contributed by atoms with Crippen LogP contribution in [0.5, 0.6) is 0 Å². The summed E-state index contributed by atoms with van der Waals surface area (Å²) in [5, 5.41) is 11.3. The van der Waals surface area contributed by atoms with Gasteiger partial charge in [0.1, 0.15) is 5.82 Å². The lowest BCUT2D eigenvalue weighted by molar-refractivity contribution is -0.113. The zero-order valence-corrected chi connectivity index (χ0v) is 11.4. The molecule has 1 aromatic heterocycles. The number of nitrogens with one attached hydrogen (secondary N) is 1. The van der Waals surface area contributed by atoms with Crippen molar-refractivity contribution in [3.63, 3.8) is 0 Å². The van der Waals surface area contributed by atoms with Gasteiger partial charge < -0.3 is 10.4 Å². The highest BCUT2D eigenvalue weighted by atomic mass is 32.2. The average Bonchev–Trinajstić information content (AvgIpc) is 2.26. The molecule has 0 aliphatic heterocycles. The van der Waals surface area contributed by atoms with Crippen molar-refractivity contribution in [1.82, 2.24) is 4.98 Å². The van der Waals surface area contributed by atoms with Gasteiger partial charge in [0.15, 0.2) is 5.69 Å². The minimum Gasteiger partial charge on any atom is -0.477 e. The lowest BCUT2D eigenvalue weighted by atomic mass is 10.3. The van der Waals surface area contributed by atoms with Crippen molar-refractivity contribution in [1.29, 1.82) is 0 Å². The lowest BCUT2D eigenvalue weighted by Crippen LogP contribution is -2.19. The van der Waals surface area contributed by atoms with Gasteiger partial charge in [0.25, 0.3) is 0 Å². The minimum absolute atomic E-state index is 0.00762. The molecule has 18 heavy (non-hydrogen) atoms. The monoisotopic (exact) mass is 268 g/mol. The third-order valence-electron chi connectivity index (χ3n) is 1.87. The van der Waals surface area contributed by atoms with Gasteiger partial charge in [0.2, 0.25) is 5.91 Å². The van der Waals surface area contributed by atoms with Crippen molar-refractivity contribution in [3.8, 4) is 0 Å². The third-order valence-corrected chi connectivity index (χ3v) is 3.14. The van der Waals surface area contributed by atoms with Crippen LogP contribution in [0.15, 0.2) is 18.2 Å². The Morgan fingerprint density at radius 2 is 2.06 bits per heavy atom. The van der Waals surface area contributed by atoms with E-state index in [1.54, 1.807) is 12.1 Å². The van der Waals surface area contributed by atoms with E-state index >= 15 is 0 Å². The number of anilines is 1. The molecule has 5 nitrogen and oxygen atoms in total. The van der Waals surface area contributed by atoms with Gasteiger partial charge in [0.05, 0.1) is 5.75 Å². The van der Waals surface area contributed by atoms with E-state index < -0.39 is 5.97 Å². The molecule has 1 heterocycles. The van der Waals surface area contributed by atoms with Gasteiger partial charge in [0, 0.05) is 4.75 Å². The largest absolute Gasteiger partial charge is 0.477 e. The summed E-state index contributed by atoms with van der Waals surface area (Å²) >= 11 is 1.52. The van der Waals surface area contributed by atoms with E-state index in [1.807, 2.05) is 20.8 Å². The number of rotatable bonds is 4. The van der Waals surface area contributed by atoms with Crippen LogP contribution in [0.2, 0.25) is 0 Å². The Hall–Kier alpha value is -1.56. The topological polar surface area (TPSA) is 79.3 Å². The van der Waals surface area contributed by atoms with Gasteiger partial charge in [-0.3, -0.25) is 4.79 Å². The second kappa shape index (κ2) is 5.86. The first-order chi connectivity index (χ1) is 8.28. The molecule has 0 bridgehead atoms. The number of aromatic carboxylic acids is 1. The Labute approximate surface area is 110 Å². The van der Waals surface area contributed by atoms with Crippen LogP contribution in [0.4, 0.5) is 5.82 Å². The summed E-state index contributed by atoms with van der Waals surface area (Å²) in [7, 11) is 0. The van der Waals surface area contributed by atoms with Crippen LogP contribution in [-0.2, 0) is 4.79 Å². The fourth-order valence-electron chi connectivity index (χ4n) is 1.08. The first-order valence-electron chi connectivity index (χ1n) is 5.42. The number of pyridine rings is 1. The van der Waals surface area contributed by atoms with Gasteiger partial charge in [-0.05, 0) is 12.1 Å². The number of thioether (sulfide) groups is 1. The molecule has 0 atom stereocenters. The molecule has 1 aromatic rings. The molecule has 0 aliphatic carbocycles. The summed E-state index contributed by atoms with van der Waals surface area (Å²) in [5.41, 5.74) is -0.0868. The predicted octanol–water partition coefficient (Wildman–Crippen LogP) is 2.25. The van der Waals surface area contributed by atoms with Crippen molar-refractivity contribution in [3.05, 3.63) is 23.9 Å². The van der Waals surface area contributed by atoms with Crippen molar-refractivity contribution in [2.75, 3.05) is 11.1 Å². The first kappa shape index (κ1) is 14.5. The highest BCUT2D eigenvalue weighted by molar-refractivity contribution is 8.01. The van der Waals surface area contributed by atoms with Crippen LogP contribution < -0.4 is 5.32 Å². The highest BCUT2D eigenvalue weighted by Gasteiger charge is 2.14. The van der Waals surface area contributed by atoms with E-state index in [0.29, 0.717) is 5.75 Å². The number of aromatic nitrogens is 1. The van der Waals surface area contributed by atoms with Crippen LogP contribution in [-0.4, -0.2) is 32.5 Å². The summed E-state index contributed by atoms with van der Waals surface area (Å²) in [4.78, 5) is 26.2. The van der Waals surface area contributed by atoms with Crippen molar-refractivity contribution < 1.29 is 14.7 Å². The zero-order valence-electron chi connectivity index (χ0n) is 10.6. The summed E-state index contributed by atoms with van der Waals surface area (Å²) < 4.78 is 0.00762. The molecule has 98 valence electrons. The Morgan fingerprint density at radius 3 is 2.61 bits per heavy atom. The number of hydrogen-bond donors (Lipinski definition) is 2. The van der Waals surface area contributed by atoms with Gasteiger partial charge in [-0.1, -0.05) is 26.8 Å². The number of hydrogen-bond acceptors (Lipinski definition) is 4. The second-order valence-electron chi connectivity index (χ2n) is 4.66. The summed E-state index contributed by atoms with van der Waals surface area (Å²) in [6, 6.07) is 4.48. The van der Waals surface area contributed by atoms with Gasteiger partial charge in [-0.25, -0.2) is 9.78 Å². The van der Waals surface area contributed by atoms with Gasteiger partial charge in [-0.2, -0.15) is 0 Å². The summed E-state index contributed by atoms with van der Waals surface area (Å²) in [6.07, 6.45) is 0. The maximum atomic E-state index is 11.6. The maximum absolute atomic E-state index is 11.6. The molecule has 0 saturated heterocycles. The first-order valence-corrected chi connectivity index (χ1v) is 6.41. The third kappa shape index (κ3) is 5.18. The molecule has 6 heteroatoms. The molecule has 0 aliphatic rings. The Balaban J connectivity index is 2.59. The number of carbonyl (C=O) groups excluding carboxylic acids is 1. The van der Waals surface area contributed by atoms with E-state index in [-0.39, 0.29) is 22.2 Å². The molecule has 0 unspecified atom stereocenters. The minimum atomic E-state index is -1.12. The maximum Gasteiger partial charge on any atom is 0.354 e. The molecular formula is C12H16N2O3S. The molecule has 0 fully saturated rings. The Morgan fingerprint density at radius 1 is 1.39 bits per heavy atom. The summed E-state index contributed by atoms with van der Waals surface area (Å²) in [5.74, 6) is -0.739. The van der Waals surface area contributed by atoms with Gasteiger partial charge >= 0.3 is 5.97 Å². The fourth-order valence-corrected chi connectivity index (χ4v) is 1.72. The van der Waals surface area contributed by atoms with Crippen molar-refractivity contribution in [2.45, 2.75) is 25.5 Å². The number of carbonyl (C=O) groups is 2. The number of nitrogens with zero attached hydrogens (tertiary/aromatic N) is 1. The summed E-state index contributed by atoms with van der Waals surface area (Å²) in [6.45, 7) is 6.07. The number of carboxylic acids is 1. The van der Waals surface area contributed by atoms with Crippen LogP contribution in [0.3, 0.4) is 0 Å². The van der Waals surface area contributed by atoms with Gasteiger partial charge in [-0.15, -0.1) is 11.8 Å². The average molecular weight is 268 g/mol. The lowest BCUT2D eigenvalue weighted by Gasteiger charge is -2.16. The SMILES string of the molecule is CC(C)(C)SCC(=O)Nc1cccc(C(=O)O)n1. The smallest absolute Gasteiger partial charge is 0.354 e. The van der Waals surface area contributed by atoms with Crippen LogP contribution in [0.25, 0.3) is 0 Å². The number of amides is 1. The highest BCUT2D eigenvalue weighted by Crippen LogP contribution is 2.22. The second-order valence-corrected chi connectivity index (χ2v) is 6.46. The van der Waals surface area contributed by atoms with E-state index in [2.05, 4.69) is 10.3 Å². The fraction of sp³-hybridized carbons (Fsp3) is 0.417. The molecule has 0 aromatic carbocycles. The molecule has 0 spiro atoms. The van der Waals surface area contributed by atoms with E-state index in [1.165, 1.54) is 17.8 Å². The molecular weight excluding hydrogens is 252 g/mol. The Kier molecular flexibility index (Phi) is 4.72. The van der Waals surface area contributed by atoms with E-state index in [9.17, 15) is 9.59 Å². The predicted molar refractivity (Wildman–Crippen MR) is 72.0 cm³/mol. The normalized spacial score (nSPS) is 11.1. The van der Waals surface area contributed by atoms with Crippen molar-refractivity contribution in [2.24, 2.45) is 0 Å². The quantitative estimate of drug-likeness (QED) is 0.875. The van der Waals surface area contributed by atoms with Crippen molar-refractivity contribution >= 4 is 29.5 Å². The van der Waals surface area contributed by atoms with E-state index in [4.69, 9.17) is 5.11 Å². The van der Waals surface area contributed by atoms with Crippen LogP contribution >= 0.6 is 11.8 Å². The van der Waals surface area contributed by atoms with Crippen LogP contribution in [0, 0.1) is 0 Å². The molecule has 0 saturated carbocycles. The standard InChI is InChI=1S/C12H16N2O3S/c1-12(2,3)18-7-10(15)14-9-6-4-5-8(13-9)11(16)17/h4-6H,7H2,1-3H3,(H,16,17)(H,13,14,15). The zero-order chi connectivity index (χ0) is 13.8. The van der Waals surface area contributed by atoms with Crippen LogP contribution in [0.1, 0.15) is 31.3 Å². The Bertz CT molecular complexity index is 455. The molecule has 0 radical (unpaired) electrons. The molecule has 1 amide bonds. The number of carboxylic acid groups (broad SMARTS) is 1. The van der Waals surface area contributed by atoms with E-state index in [0.717, 1.165) is 0 Å². The molecule has 2 N–H and O–H groups in total.